The number of nitrogens with two attached hydrogens (primary N) is 1. The van der Waals surface area contributed by atoms with E-state index >= 15 is 0 Å². The third kappa shape index (κ3) is 2.51. The average Bonchev–Trinajstić information content (AvgIpc) is 2.30. The molecule has 0 unspecified atom stereocenters. The zero-order valence-corrected chi connectivity index (χ0v) is 9.27. The van der Waals surface area contributed by atoms with Gasteiger partial charge in [0.2, 0.25) is 0 Å². The number of nitrogen functional groups attached to an aromatic ring is 1. The molecule has 3 heteroatoms. The maximum Gasteiger partial charge on any atom is 0.0576 e. The zero-order valence-electron chi connectivity index (χ0n) is 9.27. The molecule has 0 aliphatic heterocycles. The van der Waals surface area contributed by atoms with Crippen LogP contribution in [0.1, 0.15) is 11.3 Å². The SMILES string of the molecule is Cc1ccc(CNc2ccccc2N)cn1. The molecule has 0 aliphatic carbocycles. The number of rotatable bonds is 3. The molecule has 0 radical (unpaired) electrons. The Morgan fingerprint density at radius 3 is 2.69 bits per heavy atom. The van der Waals surface area contributed by atoms with Crippen LogP contribution in [0.3, 0.4) is 0 Å². The van der Waals surface area contributed by atoms with Gasteiger partial charge < -0.3 is 11.1 Å². The van der Waals surface area contributed by atoms with Gasteiger partial charge in [0, 0.05) is 18.4 Å². The number of para-hydroxylation sites is 2. The van der Waals surface area contributed by atoms with Crippen LogP contribution in [0.15, 0.2) is 42.6 Å². The highest BCUT2D eigenvalue weighted by molar-refractivity contribution is 5.65. The van der Waals surface area contributed by atoms with Crippen LogP contribution >= 0.6 is 0 Å². The van der Waals surface area contributed by atoms with Crippen molar-refractivity contribution in [1.29, 1.82) is 0 Å². The van der Waals surface area contributed by atoms with E-state index < -0.39 is 0 Å². The van der Waals surface area contributed by atoms with E-state index in [2.05, 4.69) is 16.4 Å². The molecule has 0 saturated carbocycles. The molecule has 82 valence electrons. The molecule has 2 rings (SSSR count). The predicted molar refractivity (Wildman–Crippen MR) is 67.2 cm³/mol. The van der Waals surface area contributed by atoms with E-state index in [9.17, 15) is 0 Å². The predicted octanol–water partition coefficient (Wildman–Crippen LogP) is 2.58. The highest BCUT2D eigenvalue weighted by Gasteiger charge is 1.97. The summed E-state index contributed by atoms with van der Waals surface area (Å²) in [5.41, 5.74) is 9.74. The molecule has 1 aromatic carbocycles. The first-order chi connectivity index (χ1) is 7.75. The normalized spacial score (nSPS) is 10.1. The molecular formula is C13H15N3. The summed E-state index contributed by atoms with van der Waals surface area (Å²) in [5.74, 6) is 0. The molecule has 3 N–H and O–H groups in total. The first-order valence-electron chi connectivity index (χ1n) is 5.25. The lowest BCUT2D eigenvalue weighted by Crippen LogP contribution is -2.02. The van der Waals surface area contributed by atoms with Crippen LogP contribution in [0.2, 0.25) is 0 Å². The minimum atomic E-state index is 0.738. The summed E-state index contributed by atoms with van der Waals surface area (Å²) in [4.78, 5) is 4.24. The van der Waals surface area contributed by atoms with Crippen LogP contribution < -0.4 is 11.1 Å². The Bertz CT molecular complexity index is 463. The molecule has 16 heavy (non-hydrogen) atoms. The first-order valence-corrected chi connectivity index (χ1v) is 5.25. The summed E-state index contributed by atoms with van der Waals surface area (Å²) < 4.78 is 0. The van der Waals surface area contributed by atoms with Gasteiger partial charge in [-0.1, -0.05) is 18.2 Å². The summed E-state index contributed by atoms with van der Waals surface area (Å²) in [6.07, 6.45) is 1.88. The number of nitrogens with one attached hydrogen (secondary N) is 1. The minimum Gasteiger partial charge on any atom is -0.397 e. The molecule has 0 aliphatic rings. The molecule has 0 atom stereocenters. The van der Waals surface area contributed by atoms with Crippen molar-refractivity contribution in [2.45, 2.75) is 13.5 Å². The zero-order chi connectivity index (χ0) is 11.4. The Kier molecular flexibility index (Phi) is 3.05. The lowest BCUT2D eigenvalue weighted by molar-refractivity contribution is 1.09. The van der Waals surface area contributed by atoms with Crippen molar-refractivity contribution in [2.24, 2.45) is 0 Å². The van der Waals surface area contributed by atoms with Crippen LogP contribution in [0.5, 0.6) is 0 Å². The number of benzene rings is 1. The van der Waals surface area contributed by atoms with Gasteiger partial charge in [0.15, 0.2) is 0 Å². The van der Waals surface area contributed by atoms with Crippen LogP contribution in [-0.4, -0.2) is 4.98 Å². The van der Waals surface area contributed by atoms with Crippen molar-refractivity contribution < 1.29 is 0 Å². The highest BCUT2D eigenvalue weighted by Crippen LogP contribution is 2.17. The average molecular weight is 213 g/mol. The highest BCUT2D eigenvalue weighted by atomic mass is 14.9. The van der Waals surface area contributed by atoms with Gasteiger partial charge in [0.1, 0.15) is 0 Å². The Balaban J connectivity index is 2.02. The van der Waals surface area contributed by atoms with Crippen molar-refractivity contribution in [3.05, 3.63) is 53.9 Å². The molecule has 0 amide bonds. The second kappa shape index (κ2) is 4.66. The fourth-order valence-electron chi connectivity index (χ4n) is 1.46. The number of pyridine rings is 1. The van der Waals surface area contributed by atoms with Crippen molar-refractivity contribution >= 4 is 11.4 Å². The van der Waals surface area contributed by atoms with E-state index in [1.807, 2.05) is 43.5 Å². The lowest BCUT2D eigenvalue weighted by Gasteiger charge is -2.08. The molecule has 2 aromatic rings. The van der Waals surface area contributed by atoms with Gasteiger partial charge in [-0.25, -0.2) is 0 Å². The van der Waals surface area contributed by atoms with Crippen LogP contribution in [-0.2, 0) is 6.54 Å². The van der Waals surface area contributed by atoms with Crippen molar-refractivity contribution in [3.8, 4) is 0 Å². The molecule has 1 heterocycles. The van der Waals surface area contributed by atoms with Gasteiger partial charge in [-0.15, -0.1) is 0 Å². The Morgan fingerprint density at radius 2 is 2.00 bits per heavy atom. The Labute approximate surface area is 95.3 Å². The van der Waals surface area contributed by atoms with Crippen LogP contribution in [0.4, 0.5) is 11.4 Å². The monoisotopic (exact) mass is 213 g/mol. The third-order valence-electron chi connectivity index (χ3n) is 2.42. The van der Waals surface area contributed by atoms with E-state index in [4.69, 9.17) is 5.73 Å². The van der Waals surface area contributed by atoms with Crippen molar-refractivity contribution in [3.63, 3.8) is 0 Å². The second-order valence-corrected chi connectivity index (χ2v) is 3.75. The van der Waals surface area contributed by atoms with Gasteiger partial charge >= 0.3 is 0 Å². The second-order valence-electron chi connectivity index (χ2n) is 3.75. The fraction of sp³-hybridized carbons (Fsp3) is 0.154. The Morgan fingerprint density at radius 1 is 1.19 bits per heavy atom. The topological polar surface area (TPSA) is 50.9 Å². The van der Waals surface area contributed by atoms with Gasteiger partial charge in [-0.3, -0.25) is 4.98 Å². The van der Waals surface area contributed by atoms with E-state index in [1.54, 1.807) is 0 Å². The summed E-state index contributed by atoms with van der Waals surface area (Å²) in [6, 6.07) is 11.8. The van der Waals surface area contributed by atoms with E-state index in [0.717, 1.165) is 29.2 Å². The molecule has 1 aromatic heterocycles. The summed E-state index contributed by atoms with van der Waals surface area (Å²) in [5, 5.41) is 3.28. The van der Waals surface area contributed by atoms with Gasteiger partial charge in [0.25, 0.3) is 0 Å². The van der Waals surface area contributed by atoms with Crippen molar-refractivity contribution in [1.82, 2.24) is 4.98 Å². The van der Waals surface area contributed by atoms with E-state index in [-0.39, 0.29) is 0 Å². The maximum atomic E-state index is 5.83. The minimum absolute atomic E-state index is 0.738. The quantitative estimate of drug-likeness (QED) is 0.770. The molecule has 0 spiro atoms. The van der Waals surface area contributed by atoms with Crippen molar-refractivity contribution in [2.75, 3.05) is 11.1 Å². The standard InChI is InChI=1S/C13H15N3/c1-10-6-7-11(8-15-10)9-16-13-5-3-2-4-12(13)14/h2-8,16H,9,14H2,1H3. The summed E-state index contributed by atoms with van der Waals surface area (Å²) >= 11 is 0. The number of anilines is 2. The van der Waals surface area contributed by atoms with E-state index in [0.29, 0.717) is 0 Å². The fourth-order valence-corrected chi connectivity index (χ4v) is 1.46. The lowest BCUT2D eigenvalue weighted by atomic mass is 10.2. The molecule has 0 saturated heterocycles. The van der Waals surface area contributed by atoms with Crippen LogP contribution in [0.25, 0.3) is 0 Å². The molecular weight excluding hydrogens is 198 g/mol. The number of hydrogen-bond acceptors (Lipinski definition) is 3. The largest absolute Gasteiger partial charge is 0.397 e. The Hall–Kier alpha value is -2.03. The molecule has 0 fully saturated rings. The molecule has 3 nitrogen and oxygen atoms in total. The van der Waals surface area contributed by atoms with E-state index in [1.165, 1.54) is 0 Å². The smallest absolute Gasteiger partial charge is 0.0576 e. The number of aromatic nitrogens is 1. The van der Waals surface area contributed by atoms with Gasteiger partial charge in [-0.2, -0.15) is 0 Å². The number of hydrogen-bond donors (Lipinski definition) is 2. The number of nitrogens with zero attached hydrogens (tertiary/aromatic N) is 1. The maximum absolute atomic E-state index is 5.83. The summed E-state index contributed by atoms with van der Waals surface area (Å²) in [7, 11) is 0. The number of aryl methyl sites for hydroxylation is 1. The van der Waals surface area contributed by atoms with Crippen LogP contribution in [0, 0.1) is 6.92 Å². The van der Waals surface area contributed by atoms with Gasteiger partial charge in [-0.05, 0) is 30.7 Å². The molecule has 0 bridgehead atoms. The third-order valence-corrected chi connectivity index (χ3v) is 2.42. The summed E-state index contributed by atoms with van der Waals surface area (Å²) in [6.45, 7) is 2.72. The first kappa shape index (κ1) is 10.5. The van der Waals surface area contributed by atoms with Gasteiger partial charge in [0.05, 0.1) is 11.4 Å².